The molecule has 7 N–H and O–H groups in total. The molecule has 4 amide bonds. The van der Waals surface area contributed by atoms with Crippen molar-refractivity contribution < 1.29 is 29.1 Å². The number of hydrogen-bond acceptors (Lipinski definition) is 7. The topological polar surface area (TPSA) is 185 Å². The van der Waals surface area contributed by atoms with Crippen LogP contribution in [0.3, 0.4) is 0 Å². The van der Waals surface area contributed by atoms with Gasteiger partial charge in [0, 0.05) is 13.0 Å². The van der Waals surface area contributed by atoms with Crippen molar-refractivity contribution in [2.45, 2.75) is 76.5 Å². The summed E-state index contributed by atoms with van der Waals surface area (Å²) in [5.41, 5.74) is 10.9. The van der Waals surface area contributed by atoms with Gasteiger partial charge in [-0.15, -0.1) is 0 Å². The number of carbonyl (C=O) groups excluding carboxylic acids is 4. The van der Waals surface area contributed by atoms with Crippen molar-refractivity contribution in [1.82, 2.24) is 15.5 Å². The van der Waals surface area contributed by atoms with Gasteiger partial charge in [-0.1, -0.05) is 13.8 Å². The van der Waals surface area contributed by atoms with Crippen LogP contribution in [-0.4, -0.2) is 82.3 Å². The standard InChI is InChI=1S/C21H37N5O6S/c1-12(2)11-15(21(31)32)25-19(29)16-5-4-9-26(16)20(30)14(8-10-33-3)24-18(28)13(22)6-7-17(23)27/h12-16H,4-11,22H2,1-3H3,(H2,23,27)(H,24,28)(H,25,29)(H,31,32). The predicted molar refractivity (Wildman–Crippen MR) is 125 cm³/mol. The van der Waals surface area contributed by atoms with Crippen LogP contribution in [0, 0.1) is 5.92 Å². The van der Waals surface area contributed by atoms with Crippen LogP contribution in [-0.2, 0) is 24.0 Å². The Kier molecular flexibility index (Phi) is 12.2. The summed E-state index contributed by atoms with van der Waals surface area (Å²) in [5.74, 6) is -2.53. The number of carboxylic acid groups (broad SMARTS) is 1. The summed E-state index contributed by atoms with van der Waals surface area (Å²) < 4.78 is 0. The van der Waals surface area contributed by atoms with Gasteiger partial charge in [0.15, 0.2) is 0 Å². The van der Waals surface area contributed by atoms with Crippen molar-refractivity contribution in [3.63, 3.8) is 0 Å². The molecule has 0 saturated carbocycles. The van der Waals surface area contributed by atoms with Crippen LogP contribution in [0.2, 0.25) is 0 Å². The number of thioether (sulfide) groups is 1. The second-order valence-electron chi connectivity index (χ2n) is 8.67. The van der Waals surface area contributed by atoms with E-state index in [0.29, 0.717) is 31.6 Å². The largest absolute Gasteiger partial charge is 0.480 e. The molecule has 0 radical (unpaired) electrons. The van der Waals surface area contributed by atoms with E-state index < -0.39 is 53.8 Å². The van der Waals surface area contributed by atoms with Crippen LogP contribution in [0.15, 0.2) is 0 Å². The number of rotatable bonds is 14. The van der Waals surface area contributed by atoms with Gasteiger partial charge >= 0.3 is 5.97 Å². The Morgan fingerprint density at radius 2 is 1.79 bits per heavy atom. The van der Waals surface area contributed by atoms with Crippen molar-refractivity contribution in [3.05, 3.63) is 0 Å². The maximum atomic E-state index is 13.3. The lowest BCUT2D eigenvalue weighted by molar-refractivity contribution is -0.145. The van der Waals surface area contributed by atoms with E-state index in [1.807, 2.05) is 20.1 Å². The van der Waals surface area contributed by atoms with Crippen LogP contribution in [0.5, 0.6) is 0 Å². The molecular formula is C21H37N5O6S. The smallest absolute Gasteiger partial charge is 0.326 e. The third kappa shape index (κ3) is 9.58. The monoisotopic (exact) mass is 487 g/mol. The van der Waals surface area contributed by atoms with Gasteiger partial charge in [-0.05, 0) is 50.0 Å². The van der Waals surface area contributed by atoms with E-state index >= 15 is 0 Å². The number of hydrogen-bond donors (Lipinski definition) is 5. The fraction of sp³-hybridized carbons (Fsp3) is 0.762. The van der Waals surface area contributed by atoms with Gasteiger partial charge in [-0.2, -0.15) is 11.8 Å². The summed E-state index contributed by atoms with van der Waals surface area (Å²) in [6.07, 6.45) is 3.50. The van der Waals surface area contributed by atoms with Crippen molar-refractivity contribution in [3.8, 4) is 0 Å². The van der Waals surface area contributed by atoms with E-state index in [4.69, 9.17) is 11.5 Å². The minimum atomic E-state index is -1.12. The Morgan fingerprint density at radius 3 is 2.33 bits per heavy atom. The number of carbonyl (C=O) groups is 5. The molecule has 4 atom stereocenters. The third-order valence-electron chi connectivity index (χ3n) is 5.42. The first-order valence-corrected chi connectivity index (χ1v) is 12.5. The van der Waals surface area contributed by atoms with E-state index in [-0.39, 0.29) is 25.2 Å². The number of aliphatic carboxylic acids is 1. The zero-order chi connectivity index (χ0) is 25.1. The highest BCUT2D eigenvalue weighted by Gasteiger charge is 2.39. The highest BCUT2D eigenvalue weighted by Crippen LogP contribution is 2.20. The number of carboxylic acids is 1. The van der Waals surface area contributed by atoms with E-state index in [9.17, 15) is 29.1 Å². The molecule has 188 valence electrons. The minimum Gasteiger partial charge on any atom is -0.480 e. The quantitative estimate of drug-likeness (QED) is 0.215. The summed E-state index contributed by atoms with van der Waals surface area (Å²) in [7, 11) is 0. The molecule has 1 saturated heterocycles. The van der Waals surface area contributed by atoms with Gasteiger partial charge in [0.2, 0.25) is 23.6 Å². The van der Waals surface area contributed by atoms with Gasteiger partial charge in [0.05, 0.1) is 6.04 Å². The van der Waals surface area contributed by atoms with Gasteiger partial charge in [-0.3, -0.25) is 19.2 Å². The third-order valence-corrected chi connectivity index (χ3v) is 6.07. The van der Waals surface area contributed by atoms with E-state index in [1.165, 1.54) is 16.7 Å². The van der Waals surface area contributed by atoms with Crippen molar-refractivity contribution in [1.29, 1.82) is 0 Å². The molecule has 1 heterocycles. The number of primary amides is 1. The normalized spacial score (nSPS) is 18.5. The van der Waals surface area contributed by atoms with Crippen LogP contribution in [0.25, 0.3) is 0 Å². The molecule has 4 unspecified atom stereocenters. The van der Waals surface area contributed by atoms with E-state index in [1.54, 1.807) is 0 Å². The average molecular weight is 488 g/mol. The molecule has 0 aromatic rings. The zero-order valence-electron chi connectivity index (χ0n) is 19.5. The first-order valence-electron chi connectivity index (χ1n) is 11.1. The fourth-order valence-corrected chi connectivity index (χ4v) is 4.14. The molecule has 0 bridgehead atoms. The number of amides is 4. The predicted octanol–water partition coefficient (Wildman–Crippen LogP) is -0.576. The Balaban J connectivity index is 2.90. The molecule has 1 fully saturated rings. The lowest BCUT2D eigenvalue weighted by Gasteiger charge is -2.30. The molecular weight excluding hydrogens is 450 g/mol. The van der Waals surface area contributed by atoms with Crippen molar-refractivity contribution in [2.75, 3.05) is 18.6 Å². The van der Waals surface area contributed by atoms with Gasteiger partial charge < -0.3 is 32.1 Å². The van der Waals surface area contributed by atoms with Crippen molar-refractivity contribution in [2.24, 2.45) is 17.4 Å². The fourth-order valence-electron chi connectivity index (χ4n) is 3.66. The molecule has 0 spiro atoms. The first-order chi connectivity index (χ1) is 15.5. The summed E-state index contributed by atoms with van der Waals surface area (Å²) in [6.45, 7) is 4.06. The Morgan fingerprint density at radius 1 is 1.12 bits per heavy atom. The van der Waals surface area contributed by atoms with Crippen LogP contribution < -0.4 is 22.1 Å². The maximum absolute atomic E-state index is 13.3. The van der Waals surface area contributed by atoms with Crippen LogP contribution >= 0.6 is 11.8 Å². The number of nitrogens with two attached hydrogens (primary N) is 2. The number of nitrogens with zero attached hydrogens (tertiary/aromatic N) is 1. The second kappa shape index (κ2) is 14.0. The molecule has 33 heavy (non-hydrogen) atoms. The zero-order valence-corrected chi connectivity index (χ0v) is 20.4. The van der Waals surface area contributed by atoms with E-state index in [2.05, 4.69) is 10.6 Å². The molecule has 11 nitrogen and oxygen atoms in total. The van der Waals surface area contributed by atoms with Gasteiger partial charge in [0.25, 0.3) is 0 Å². The molecule has 1 aliphatic rings. The Labute approximate surface area is 198 Å². The molecule has 1 aliphatic heterocycles. The van der Waals surface area contributed by atoms with Crippen molar-refractivity contribution >= 4 is 41.4 Å². The van der Waals surface area contributed by atoms with Gasteiger partial charge in [-0.25, -0.2) is 4.79 Å². The number of nitrogens with one attached hydrogen (secondary N) is 2. The Bertz CT molecular complexity index is 719. The molecule has 12 heteroatoms. The summed E-state index contributed by atoms with van der Waals surface area (Å²) in [4.78, 5) is 62.5. The minimum absolute atomic E-state index is 0.0481. The maximum Gasteiger partial charge on any atom is 0.326 e. The molecule has 1 rings (SSSR count). The summed E-state index contributed by atoms with van der Waals surface area (Å²) in [5, 5.41) is 14.6. The summed E-state index contributed by atoms with van der Waals surface area (Å²) in [6, 6.07) is -3.72. The molecule has 0 aromatic heterocycles. The lowest BCUT2D eigenvalue weighted by atomic mass is 10.0. The highest BCUT2D eigenvalue weighted by molar-refractivity contribution is 7.98. The molecule has 0 aromatic carbocycles. The second-order valence-corrected chi connectivity index (χ2v) is 9.66. The SMILES string of the molecule is CSCCC(NC(=O)C(N)CCC(N)=O)C(=O)N1CCCC1C(=O)NC(CC(C)C)C(=O)O. The van der Waals surface area contributed by atoms with Crippen LogP contribution in [0.4, 0.5) is 0 Å². The molecule has 0 aliphatic carbocycles. The highest BCUT2D eigenvalue weighted by atomic mass is 32.2. The van der Waals surface area contributed by atoms with E-state index in [0.717, 1.165) is 0 Å². The number of likely N-dealkylation sites (tertiary alicyclic amines) is 1. The average Bonchev–Trinajstić information content (AvgIpc) is 3.23. The first kappa shape index (κ1) is 28.7. The van der Waals surface area contributed by atoms with Crippen LogP contribution in [0.1, 0.15) is 52.4 Å². The van der Waals surface area contributed by atoms with Gasteiger partial charge in [0.1, 0.15) is 18.1 Å². The lowest BCUT2D eigenvalue weighted by Crippen LogP contribution is -2.57. The Hall–Kier alpha value is -2.34. The summed E-state index contributed by atoms with van der Waals surface area (Å²) >= 11 is 1.50.